The maximum atomic E-state index is 13.2. The Labute approximate surface area is 159 Å². The van der Waals surface area contributed by atoms with Gasteiger partial charge in [0.25, 0.3) is 11.5 Å². The molecule has 0 aliphatic carbocycles. The molecule has 27 heavy (non-hydrogen) atoms. The van der Waals surface area contributed by atoms with Crippen LogP contribution in [-0.4, -0.2) is 67.6 Å². The van der Waals surface area contributed by atoms with Crippen LogP contribution < -0.4 is 10.5 Å². The van der Waals surface area contributed by atoms with Crippen LogP contribution in [0.1, 0.15) is 5.56 Å². The molecule has 1 aromatic carbocycles. The lowest BCUT2D eigenvalue weighted by Crippen LogP contribution is -2.48. The van der Waals surface area contributed by atoms with Gasteiger partial charge in [-0.25, -0.2) is 0 Å². The van der Waals surface area contributed by atoms with E-state index in [4.69, 9.17) is 0 Å². The van der Waals surface area contributed by atoms with Gasteiger partial charge >= 0.3 is 0 Å². The number of carbonyl (C=O) groups is 1. The molecular weight excluding hydrogens is 340 g/mol. The highest BCUT2D eigenvalue weighted by molar-refractivity contribution is 6.18. The summed E-state index contributed by atoms with van der Waals surface area (Å²) in [7, 11) is 6.01. The van der Waals surface area contributed by atoms with Crippen LogP contribution in [0.3, 0.4) is 0 Å². The second-order valence-electron chi connectivity index (χ2n) is 7.02. The SMILES string of the molecule is CN1CCN(C(=O)/C(=C\c2ccc(N(C)C)cc2)n2ccccc2=O)CC1. The monoisotopic (exact) mass is 366 g/mol. The van der Waals surface area contributed by atoms with Gasteiger partial charge in [0.15, 0.2) is 0 Å². The predicted octanol–water partition coefficient (Wildman–Crippen LogP) is 1.69. The first-order valence-corrected chi connectivity index (χ1v) is 9.10. The average Bonchev–Trinajstić information content (AvgIpc) is 2.67. The lowest BCUT2D eigenvalue weighted by atomic mass is 10.1. The van der Waals surface area contributed by atoms with E-state index in [1.165, 1.54) is 10.6 Å². The van der Waals surface area contributed by atoms with E-state index in [2.05, 4.69) is 4.90 Å². The number of rotatable bonds is 4. The minimum absolute atomic E-state index is 0.118. The third kappa shape index (κ3) is 4.46. The number of benzene rings is 1. The van der Waals surface area contributed by atoms with Gasteiger partial charge < -0.3 is 14.7 Å². The minimum atomic E-state index is -0.212. The van der Waals surface area contributed by atoms with E-state index < -0.39 is 0 Å². The molecule has 6 nitrogen and oxygen atoms in total. The molecule has 6 heteroatoms. The fourth-order valence-electron chi connectivity index (χ4n) is 3.06. The first-order chi connectivity index (χ1) is 13.0. The zero-order chi connectivity index (χ0) is 19.4. The molecule has 0 radical (unpaired) electrons. The van der Waals surface area contributed by atoms with Crippen LogP contribution in [-0.2, 0) is 4.79 Å². The second kappa shape index (κ2) is 8.22. The van der Waals surface area contributed by atoms with Gasteiger partial charge in [-0.2, -0.15) is 0 Å². The average molecular weight is 366 g/mol. The van der Waals surface area contributed by atoms with Crippen molar-refractivity contribution in [2.75, 3.05) is 52.2 Å². The number of carbonyl (C=O) groups excluding carboxylic acids is 1. The van der Waals surface area contributed by atoms with E-state index in [1.54, 1.807) is 24.4 Å². The quantitative estimate of drug-likeness (QED) is 0.773. The normalized spacial score (nSPS) is 15.7. The number of aromatic nitrogens is 1. The van der Waals surface area contributed by atoms with Crippen LogP contribution in [0.25, 0.3) is 11.8 Å². The van der Waals surface area contributed by atoms with Crippen LogP contribution in [0.15, 0.2) is 53.5 Å². The zero-order valence-corrected chi connectivity index (χ0v) is 16.1. The van der Waals surface area contributed by atoms with Crippen molar-refractivity contribution in [3.8, 4) is 0 Å². The van der Waals surface area contributed by atoms with E-state index in [1.807, 2.05) is 55.2 Å². The summed E-state index contributed by atoms with van der Waals surface area (Å²) in [6, 6.07) is 12.8. The topological polar surface area (TPSA) is 48.8 Å². The Balaban J connectivity index is 1.98. The summed E-state index contributed by atoms with van der Waals surface area (Å²) < 4.78 is 1.43. The molecule has 0 saturated carbocycles. The van der Waals surface area contributed by atoms with Crippen molar-refractivity contribution >= 4 is 23.4 Å². The molecule has 0 bridgehead atoms. The molecular formula is C21H26N4O2. The Hall–Kier alpha value is -2.86. The van der Waals surface area contributed by atoms with Gasteiger partial charge in [0.1, 0.15) is 5.70 Å². The van der Waals surface area contributed by atoms with Gasteiger partial charge in [0.2, 0.25) is 0 Å². The third-order valence-corrected chi connectivity index (χ3v) is 4.80. The standard InChI is InChI=1S/C21H26N4O2/c1-22(2)18-9-7-17(8-10-18)16-19(25-11-5-4-6-20(25)26)21(27)24-14-12-23(3)13-15-24/h4-11,16H,12-15H2,1-3H3/b19-16+. The molecule has 2 heterocycles. The van der Waals surface area contributed by atoms with Gasteiger partial charge in [-0.1, -0.05) is 18.2 Å². The number of pyridine rings is 1. The molecule has 1 amide bonds. The van der Waals surface area contributed by atoms with Gasteiger partial charge in [-0.3, -0.25) is 14.2 Å². The van der Waals surface area contributed by atoms with E-state index in [9.17, 15) is 9.59 Å². The van der Waals surface area contributed by atoms with Crippen molar-refractivity contribution in [2.24, 2.45) is 0 Å². The molecule has 1 aliphatic heterocycles. The zero-order valence-electron chi connectivity index (χ0n) is 16.1. The minimum Gasteiger partial charge on any atom is -0.378 e. The highest BCUT2D eigenvalue weighted by Gasteiger charge is 2.23. The Bertz CT molecular complexity index is 876. The lowest BCUT2D eigenvalue weighted by Gasteiger charge is -2.33. The smallest absolute Gasteiger partial charge is 0.271 e. The Morgan fingerprint density at radius 2 is 1.67 bits per heavy atom. The Kier molecular flexibility index (Phi) is 5.76. The predicted molar refractivity (Wildman–Crippen MR) is 110 cm³/mol. The number of piperazine rings is 1. The number of nitrogens with zero attached hydrogens (tertiary/aromatic N) is 4. The van der Waals surface area contributed by atoms with Crippen LogP contribution in [0.2, 0.25) is 0 Å². The van der Waals surface area contributed by atoms with Crippen LogP contribution in [0.5, 0.6) is 0 Å². The number of likely N-dealkylation sites (N-methyl/N-ethyl adjacent to an activating group) is 1. The summed E-state index contributed by atoms with van der Waals surface area (Å²) in [6.45, 7) is 2.99. The largest absolute Gasteiger partial charge is 0.378 e. The Morgan fingerprint density at radius 3 is 2.26 bits per heavy atom. The maximum Gasteiger partial charge on any atom is 0.271 e. The van der Waals surface area contributed by atoms with E-state index in [0.29, 0.717) is 18.8 Å². The fraction of sp³-hybridized carbons (Fsp3) is 0.333. The molecule has 1 aliphatic rings. The molecule has 0 N–H and O–H groups in total. The van der Waals surface area contributed by atoms with Gasteiger partial charge in [-0.05, 0) is 36.9 Å². The number of amides is 1. The van der Waals surface area contributed by atoms with E-state index in [0.717, 1.165) is 24.3 Å². The molecule has 0 unspecified atom stereocenters. The summed E-state index contributed by atoms with van der Waals surface area (Å²) >= 11 is 0. The van der Waals surface area contributed by atoms with Crippen molar-refractivity contribution in [3.05, 3.63) is 64.6 Å². The highest BCUT2D eigenvalue weighted by atomic mass is 16.2. The lowest BCUT2D eigenvalue weighted by molar-refractivity contribution is -0.126. The van der Waals surface area contributed by atoms with Crippen molar-refractivity contribution < 1.29 is 4.79 Å². The molecule has 1 aromatic heterocycles. The summed E-state index contributed by atoms with van der Waals surface area (Å²) in [4.78, 5) is 31.6. The van der Waals surface area contributed by atoms with Crippen LogP contribution in [0, 0.1) is 0 Å². The maximum absolute atomic E-state index is 13.2. The van der Waals surface area contributed by atoms with Crippen molar-refractivity contribution in [1.82, 2.24) is 14.4 Å². The van der Waals surface area contributed by atoms with Crippen LogP contribution in [0.4, 0.5) is 5.69 Å². The van der Waals surface area contributed by atoms with Crippen LogP contribution >= 0.6 is 0 Å². The summed E-state index contributed by atoms with van der Waals surface area (Å²) in [5.41, 5.74) is 2.13. The van der Waals surface area contributed by atoms with E-state index >= 15 is 0 Å². The van der Waals surface area contributed by atoms with Crippen molar-refractivity contribution in [2.45, 2.75) is 0 Å². The van der Waals surface area contributed by atoms with Gasteiger partial charge in [0.05, 0.1) is 0 Å². The molecule has 0 atom stereocenters. The molecule has 1 fully saturated rings. The summed E-state index contributed by atoms with van der Waals surface area (Å²) in [5.74, 6) is -0.118. The number of hydrogen-bond acceptors (Lipinski definition) is 4. The van der Waals surface area contributed by atoms with Crippen molar-refractivity contribution in [1.29, 1.82) is 0 Å². The molecule has 1 saturated heterocycles. The molecule has 142 valence electrons. The third-order valence-electron chi connectivity index (χ3n) is 4.80. The molecule has 3 rings (SSSR count). The summed E-state index contributed by atoms with van der Waals surface area (Å²) in [5, 5.41) is 0. The number of anilines is 1. The number of hydrogen-bond donors (Lipinski definition) is 0. The Morgan fingerprint density at radius 1 is 1.00 bits per heavy atom. The first-order valence-electron chi connectivity index (χ1n) is 9.10. The second-order valence-corrected chi connectivity index (χ2v) is 7.02. The van der Waals surface area contributed by atoms with Gasteiger partial charge in [0, 0.05) is 58.2 Å². The summed E-state index contributed by atoms with van der Waals surface area (Å²) in [6.07, 6.45) is 3.44. The molecule has 0 spiro atoms. The van der Waals surface area contributed by atoms with Crippen molar-refractivity contribution in [3.63, 3.8) is 0 Å². The molecule has 2 aromatic rings. The fourth-order valence-corrected chi connectivity index (χ4v) is 3.06. The van der Waals surface area contributed by atoms with E-state index in [-0.39, 0.29) is 11.5 Å². The highest BCUT2D eigenvalue weighted by Crippen LogP contribution is 2.18. The first kappa shape index (κ1) is 18.9. The van der Waals surface area contributed by atoms with Gasteiger partial charge in [-0.15, -0.1) is 0 Å².